The third-order valence-electron chi connectivity index (χ3n) is 6.97. The van der Waals surface area contributed by atoms with Crippen molar-refractivity contribution in [3.8, 4) is 0 Å². The first-order valence-electron chi connectivity index (χ1n) is 11.7. The maximum absolute atomic E-state index is 13.3. The molecule has 3 saturated heterocycles. The van der Waals surface area contributed by atoms with Crippen LogP contribution in [0.2, 0.25) is 0 Å². The number of hydrogen-bond acceptors (Lipinski definition) is 9. The van der Waals surface area contributed by atoms with Gasteiger partial charge in [-0.1, -0.05) is 0 Å². The van der Waals surface area contributed by atoms with E-state index in [0.717, 1.165) is 51.9 Å². The summed E-state index contributed by atoms with van der Waals surface area (Å²) in [4.78, 5) is 63.6. The first-order chi connectivity index (χ1) is 15.9. The van der Waals surface area contributed by atoms with E-state index in [9.17, 15) is 24.0 Å². The Morgan fingerprint density at radius 1 is 0.735 bits per heavy atom. The highest BCUT2D eigenvalue weighted by Crippen LogP contribution is 2.32. The predicted molar refractivity (Wildman–Crippen MR) is 120 cm³/mol. The largest absolute Gasteiger partial charge is 0.443 e. The number of hydrogen-bond donors (Lipinski definition) is 4. The fourth-order valence-electron chi connectivity index (χ4n) is 4.78. The maximum atomic E-state index is 13.3. The Hall–Kier alpha value is -2.73. The molecule has 34 heavy (non-hydrogen) atoms. The zero-order valence-corrected chi connectivity index (χ0v) is 20.2. The number of carbonyl (C=O) groups is 5. The maximum Gasteiger partial charge on any atom is 0.421 e. The van der Waals surface area contributed by atoms with Crippen molar-refractivity contribution in [2.24, 2.45) is 11.8 Å². The fourth-order valence-corrected chi connectivity index (χ4v) is 4.78. The molecule has 0 radical (unpaired) electrons. The van der Waals surface area contributed by atoms with Crippen LogP contribution < -0.4 is 21.3 Å². The molecule has 12 heteroatoms. The number of nitrogens with one attached hydrogen (secondary N) is 4. The fraction of sp³-hybridized carbons (Fsp3) is 0.773. The van der Waals surface area contributed by atoms with Gasteiger partial charge in [-0.25, -0.2) is 14.4 Å². The van der Waals surface area contributed by atoms with Gasteiger partial charge < -0.3 is 20.1 Å². The molecule has 12 nitrogen and oxygen atoms in total. The van der Waals surface area contributed by atoms with Gasteiger partial charge in [0.2, 0.25) is 6.04 Å². The van der Waals surface area contributed by atoms with Crippen LogP contribution in [-0.4, -0.2) is 78.4 Å². The lowest BCUT2D eigenvalue weighted by atomic mass is 9.83. The molecule has 0 aromatic heterocycles. The summed E-state index contributed by atoms with van der Waals surface area (Å²) in [5.74, 6) is -2.20. The highest BCUT2D eigenvalue weighted by molar-refractivity contribution is 6.21. The van der Waals surface area contributed by atoms with E-state index >= 15 is 0 Å². The Labute approximate surface area is 198 Å². The molecular formula is C22H35N5O7. The zero-order valence-electron chi connectivity index (χ0n) is 20.2. The van der Waals surface area contributed by atoms with Gasteiger partial charge in [0.1, 0.15) is 11.2 Å². The van der Waals surface area contributed by atoms with E-state index < -0.39 is 47.3 Å². The van der Waals surface area contributed by atoms with Crippen LogP contribution in [0, 0.1) is 11.8 Å². The monoisotopic (exact) mass is 481 g/mol. The van der Waals surface area contributed by atoms with Gasteiger partial charge in [-0.05, 0) is 79.6 Å². The van der Waals surface area contributed by atoms with E-state index in [-0.39, 0.29) is 11.8 Å². The van der Waals surface area contributed by atoms with Gasteiger partial charge in [0, 0.05) is 11.8 Å². The molecule has 0 aliphatic carbocycles. The average molecular weight is 482 g/mol. The van der Waals surface area contributed by atoms with E-state index in [4.69, 9.17) is 9.47 Å². The van der Waals surface area contributed by atoms with E-state index in [1.165, 1.54) is 0 Å². The number of imide groups is 3. The lowest BCUT2D eigenvalue weighted by molar-refractivity contribution is -0.138. The molecule has 0 unspecified atom stereocenters. The van der Waals surface area contributed by atoms with Gasteiger partial charge in [-0.15, -0.1) is 0 Å². The molecule has 0 spiro atoms. The summed E-state index contributed by atoms with van der Waals surface area (Å²) in [6, 6.07) is -2.97. The van der Waals surface area contributed by atoms with Crippen LogP contribution in [0.15, 0.2) is 0 Å². The topological polar surface area (TPSA) is 155 Å². The minimum Gasteiger partial charge on any atom is -0.443 e. The number of amides is 6. The second-order valence-corrected chi connectivity index (χ2v) is 10.1. The molecule has 3 fully saturated rings. The molecule has 190 valence electrons. The number of piperidine rings is 2. The highest BCUT2D eigenvalue weighted by atomic mass is 16.6. The Bertz CT molecular complexity index is 768. The molecule has 0 bridgehead atoms. The van der Waals surface area contributed by atoms with Crippen molar-refractivity contribution in [3.05, 3.63) is 0 Å². The Morgan fingerprint density at radius 2 is 1.09 bits per heavy atom. The number of nitrogens with zero attached hydrogens (tertiary/aromatic N) is 1. The van der Waals surface area contributed by atoms with Crippen LogP contribution in [0.4, 0.5) is 14.4 Å². The predicted octanol–water partition coefficient (Wildman–Crippen LogP) is 0.853. The smallest absolute Gasteiger partial charge is 0.421 e. The van der Waals surface area contributed by atoms with Gasteiger partial charge in [0.15, 0.2) is 0 Å². The highest BCUT2D eigenvalue weighted by Gasteiger charge is 2.49. The van der Waals surface area contributed by atoms with Crippen molar-refractivity contribution >= 4 is 30.0 Å². The van der Waals surface area contributed by atoms with Gasteiger partial charge in [0.25, 0.3) is 11.8 Å². The lowest BCUT2D eigenvalue weighted by Gasteiger charge is -2.40. The van der Waals surface area contributed by atoms with Crippen LogP contribution in [0.3, 0.4) is 0 Å². The summed E-state index contributed by atoms with van der Waals surface area (Å²) in [5, 5.41) is 10.3. The molecule has 0 aromatic rings. The summed E-state index contributed by atoms with van der Waals surface area (Å²) in [6.07, 6.45) is 0.663. The standard InChI is InChI=1S/C22H35N5O7/c1-21(2,13-5-9-23-10-6-13)33-19(31)27(15-16(28)25-18(30)26-17(15)29)20(32)34-22(3,4)14-7-11-24-12-8-14/h13-15,23-24H,5-12H2,1-4H3,(H2,25,26,28,29,30). The van der Waals surface area contributed by atoms with Gasteiger partial charge in [-0.2, -0.15) is 4.90 Å². The molecule has 3 rings (SSSR count). The summed E-state index contributed by atoms with van der Waals surface area (Å²) >= 11 is 0. The number of carbonyl (C=O) groups excluding carboxylic acids is 5. The van der Waals surface area contributed by atoms with Crippen LogP contribution in [0.25, 0.3) is 0 Å². The number of urea groups is 1. The van der Waals surface area contributed by atoms with E-state index in [2.05, 4.69) is 10.6 Å². The number of ether oxygens (including phenoxy) is 2. The third-order valence-corrected chi connectivity index (χ3v) is 6.97. The zero-order chi connectivity index (χ0) is 25.1. The van der Waals surface area contributed by atoms with Gasteiger partial charge >= 0.3 is 18.2 Å². The summed E-state index contributed by atoms with van der Waals surface area (Å²) in [5.41, 5.74) is -1.95. The normalized spacial score (nSPS) is 21.5. The van der Waals surface area contributed by atoms with Gasteiger partial charge in [0.05, 0.1) is 0 Å². The first kappa shape index (κ1) is 25.9. The van der Waals surface area contributed by atoms with Crippen molar-refractivity contribution in [1.29, 1.82) is 0 Å². The molecule has 0 saturated carbocycles. The summed E-state index contributed by atoms with van der Waals surface area (Å²) in [7, 11) is 0. The molecule has 3 aliphatic rings. The van der Waals surface area contributed by atoms with Crippen molar-refractivity contribution in [3.63, 3.8) is 0 Å². The number of barbiturate groups is 1. The molecule has 3 heterocycles. The lowest BCUT2D eigenvalue weighted by Crippen LogP contribution is -2.67. The minimum absolute atomic E-state index is 0.0114. The van der Waals surface area contributed by atoms with Crippen molar-refractivity contribution < 1.29 is 33.4 Å². The molecule has 0 aromatic carbocycles. The van der Waals surface area contributed by atoms with E-state index in [1.54, 1.807) is 27.7 Å². The van der Waals surface area contributed by atoms with Crippen molar-refractivity contribution in [2.75, 3.05) is 26.2 Å². The van der Waals surface area contributed by atoms with Crippen LogP contribution >= 0.6 is 0 Å². The van der Waals surface area contributed by atoms with E-state index in [0.29, 0.717) is 4.90 Å². The van der Waals surface area contributed by atoms with Crippen LogP contribution in [0.5, 0.6) is 0 Å². The van der Waals surface area contributed by atoms with Crippen molar-refractivity contribution in [2.45, 2.75) is 70.6 Å². The Kier molecular flexibility index (Phi) is 7.81. The summed E-state index contributed by atoms with van der Waals surface area (Å²) in [6.45, 7) is 9.97. The Morgan fingerprint density at radius 3 is 1.44 bits per heavy atom. The van der Waals surface area contributed by atoms with Crippen molar-refractivity contribution in [1.82, 2.24) is 26.2 Å². The Balaban J connectivity index is 1.84. The molecular weight excluding hydrogens is 446 g/mol. The molecule has 6 amide bonds. The second-order valence-electron chi connectivity index (χ2n) is 10.1. The molecule has 3 aliphatic heterocycles. The first-order valence-corrected chi connectivity index (χ1v) is 11.7. The third kappa shape index (κ3) is 5.84. The second kappa shape index (κ2) is 10.3. The average Bonchev–Trinajstić information content (AvgIpc) is 2.76. The van der Waals surface area contributed by atoms with Gasteiger partial charge in [-0.3, -0.25) is 20.2 Å². The quantitative estimate of drug-likeness (QED) is 0.418. The van der Waals surface area contributed by atoms with E-state index in [1.807, 2.05) is 10.6 Å². The SMILES string of the molecule is CC(C)(OC(=O)N(C(=O)OC(C)(C)C1CCNCC1)C1C(=O)NC(=O)NC1=O)C1CCNCC1. The minimum atomic E-state index is -1.94. The molecule has 4 N–H and O–H groups in total. The number of rotatable bonds is 5. The summed E-state index contributed by atoms with van der Waals surface area (Å²) < 4.78 is 11.4. The van der Waals surface area contributed by atoms with Crippen LogP contribution in [-0.2, 0) is 19.1 Å². The van der Waals surface area contributed by atoms with Crippen LogP contribution in [0.1, 0.15) is 53.4 Å². The molecule has 0 atom stereocenters.